The number of anilines is 1. The molecule has 1 aromatic rings. The number of nitrogens with zero attached hydrogens (tertiary/aromatic N) is 2. The zero-order chi connectivity index (χ0) is 15.0. The maximum absolute atomic E-state index is 12.7. The fourth-order valence-electron chi connectivity index (χ4n) is 2.18. The molecule has 0 aliphatic rings. The highest BCUT2D eigenvalue weighted by molar-refractivity contribution is 5.95. The van der Waals surface area contributed by atoms with Gasteiger partial charge >= 0.3 is 0 Å². The number of nitrogen functional groups attached to an aromatic ring is 1. The predicted molar refractivity (Wildman–Crippen MR) is 79.3 cm³/mol. The maximum atomic E-state index is 12.7. The van der Waals surface area contributed by atoms with Crippen LogP contribution in [0, 0.1) is 0 Å². The number of hydrazine groups is 1. The van der Waals surface area contributed by atoms with E-state index in [1.807, 2.05) is 4.90 Å². The van der Waals surface area contributed by atoms with Gasteiger partial charge in [-0.2, -0.15) is 0 Å². The lowest BCUT2D eigenvalue weighted by molar-refractivity contribution is 0.0589. The summed E-state index contributed by atoms with van der Waals surface area (Å²) in [5.41, 5.74) is 3.03. The van der Waals surface area contributed by atoms with Crippen molar-refractivity contribution in [1.82, 2.24) is 9.88 Å². The van der Waals surface area contributed by atoms with E-state index in [0.717, 1.165) is 12.8 Å². The second kappa shape index (κ2) is 8.50. The number of hydrogen-bond acceptors (Lipinski definition) is 5. The molecule has 3 N–H and O–H groups in total. The molecular formula is C14H24N4O2. The van der Waals surface area contributed by atoms with Crippen LogP contribution >= 0.6 is 0 Å². The molecule has 0 aliphatic carbocycles. The van der Waals surface area contributed by atoms with E-state index in [0.29, 0.717) is 24.5 Å². The van der Waals surface area contributed by atoms with Crippen molar-refractivity contribution >= 4 is 11.7 Å². The van der Waals surface area contributed by atoms with Crippen LogP contribution in [0.25, 0.3) is 0 Å². The van der Waals surface area contributed by atoms with Crippen LogP contribution in [-0.4, -0.2) is 42.1 Å². The molecule has 1 amide bonds. The quantitative estimate of drug-likeness (QED) is 0.559. The highest BCUT2D eigenvalue weighted by Crippen LogP contribution is 2.15. The lowest BCUT2D eigenvalue weighted by Gasteiger charge is -2.30. The van der Waals surface area contributed by atoms with Gasteiger partial charge in [0.25, 0.3) is 5.91 Å². The normalized spacial score (nSPS) is 10.7. The van der Waals surface area contributed by atoms with E-state index < -0.39 is 0 Å². The second-order valence-corrected chi connectivity index (χ2v) is 4.54. The van der Waals surface area contributed by atoms with Crippen LogP contribution < -0.4 is 11.3 Å². The molecule has 0 saturated heterocycles. The van der Waals surface area contributed by atoms with Crippen LogP contribution in [0.1, 0.15) is 37.0 Å². The number of nitrogens with one attached hydrogen (secondary N) is 1. The highest BCUT2D eigenvalue weighted by atomic mass is 16.5. The summed E-state index contributed by atoms with van der Waals surface area (Å²) < 4.78 is 5.10. The summed E-state index contributed by atoms with van der Waals surface area (Å²) in [5, 5.41) is 0. The number of hydrogen-bond donors (Lipinski definition) is 2. The molecule has 20 heavy (non-hydrogen) atoms. The Morgan fingerprint density at radius 1 is 1.50 bits per heavy atom. The van der Waals surface area contributed by atoms with E-state index in [-0.39, 0.29) is 11.9 Å². The SMILES string of the molecule is CCC(CC)N(CCOC)C(=O)c1ccnc(NN)c1. The summed E-state index contributed by atoms with van der Waals surface area (Å²) in [6, 6.07) is 3.57. The molecular weight excluding hydrogens is 256 g/mol. The van der Waals surface area contributed by atoms with Gasteiger partial charge in [0.05, 0.1) is 6.61 Å². The van der Waals surface area contributed by atoms with Crippen LogP contribution in [0.15, 0.2) is 18.3 Å². The van der Waals surface area contributed by atoms with E-state index in [1.165, 1.54) is 0 Å². The van der Waals surface area contributed by atoms with Gasteiger partial charge in [-0.3, -0.25) is 4.79 Å². The molecule has 112 valence electrons. The van der Waals surface area contributed by atoms with Crippen LogP contribution in [0.5, 0.6) is 0 Å². The van der Waals surface area contributed by atoms with Crippen molar-refractivity contribution < 1.29 is 9.53 Å². The first-order valence-corrected chi connectivity index (χ1v) is 6.90. The molecule has 0 aromatic carbocycles. The Morgan fingerprint density at radius 3 is 2.75 bits per heavy atom. The molecule has 0 saturated carbocycles. The first-order valence-electron chi connectivity index (χ1n) is 6.90. The van der Waals surface area contributed by atoms with Gasteiger partial charge in [0.2, 0.25) is 0 Å². The Balaban J connectivity index is 2.95. The van der Waals surface area contributed by atoms with Crippen LogP contribution in [0.3, 0.4) is 0 Å². The number of carbonyl (C=O) groups excluding carboxylic acids is 1. The lowest BCUT2D eigenvalue weighted by atomic mass is 10.1. The third-order valence-corrected chi connectivity index (χ3v) is 3.34. The Kier molecular flexibility index (Phi) is 6.97. The molecule has 1 heterocycles. The molecule has 0 unspecified atom stereocenters. The van der Waals surface area contributed by atoms with Gasteiger partial charge in [-0.05, 0) is 25.0 Å². The van der Waals surface area contributed by atoms with Crippen molar-refractivity contribution in [3.05, 3.63) is 23.9 Å². The van der Waals surface area contributed by atoms with Gasteiger partial charge in [0, 0.05) is 31.5 Å². The molecule has 1 rings (SSSR count). The lowest BCUT2D eigenvalue weighted by Crippen LogP contribution is -2.41. The molecule has 1 aromatic heterocycles. The summed E-state index contributed by atoms with van der Waals surface area (Å²) in [6.45, 7) is 5.27. The molecule has 0 bridgehead atoms. The first kappa shape index (κ1) is 16.4. The van der Waals surface area contributed by atoms with Crippen molar-refractivity contribution in [1.29, 1.82) is 0 Å². The van der Waals surface area contributed by atoms with Crippen molar-refractivity contribution in [2.75, 3.05) is 25.7 Å². The maximum Gasteiger partial charge on any atom is 0.254 e. The monoisotopic (exact) mass is 280 g/mol. The minimum absolute atomic E-state index is 0.0188. The average molecular weight is 280 g/mol. The van der Waals surface area contributed by atoms with E-state index in [4.69, 9.17) is 10.6 Å². The third-order valence-electron chi connectivity index (χ3n) is 3.34. The summed E-state index contributed by atoms with van der Waals surface area (Å²) in [7, 11) is 1.64. The van der Waals surface area contributed by atoms with Crippen LogP contribution in [0.2, 0.25) is 0 Å². The number of pyridine rings is 1. The second-order valence-electron chi connectivity index (χ2n) is 4.54. The van der Waals surface area contributed by atoms with Crippen LogP contribution in [-0.2, 0) is 4.74 Å². The fourth-order valence-corrected chi connectivity index (χ4v) is 2.18. The van der Waals surface area contributed by atoms with E-state index in [9.17, 15) is 4.79 Å². The topological polar surface area (TPSA) is 80.5 Å². The summed E-state index contributed by atoms with van der Waals surface area (Å²) in [4.78, 5) is 18.5. The van der Waals surface area contributed by atoms with Gasteiger partial charge in [-0.25, -0.2) is 10.8 Å². The number of ether oxygens (including phenoxy) is 1. The van der Waals surface area contributed by atoms with Crippen molar-refractivity contribution in [3.8, 4) is 0 Å². The first-order chi connectivity index (χ1) is 9.67. The van der Waals surface area contributed by atoms with E-state index >= 15 is 0 Å². The molecule has 0 spiro atoms. The van der Waals surface area contributed by atoms with E-state index in [1.54, 1.807) is 25.4 Å². The Hall–Kier alpha value is -1.66. The Labute approximate surface area is 120 Å². The third kappa shape index (κ3) is 4.18. The smallest absolute Gasteiger partial charge is 0.254 e. The average Bonchev–Trinajstić information content (AvgIpc) is 2.50. The number of amides is 1. The minimum Gasteiger partial charge on any atom is -0.383 e. The van der Waals surface area contributed by atoms with Gasteiger partial charge in [0.15, 0.2) is 0 Å². The molecule has 6 heteroatoms. The summed E-state index contributed by atoms with van der Waals surface area (Å²) in [5.74, 6) is 5.79. The van der Waals surface area contributed by atoms with Gasteiger partial charge in [-0.15, -0.1) is 0 Å². The fraction of sp³-hybridized carbons (Fsp3) is 0.571. The van der Waals surface area contributed by atoms with Crippen molar-refractivity contribution in [2.24, 2.45) is 5.84 Å². The van der Waals surface area contributed by atoms with Gasteiger partial charge in [0.1, 0.15) is 5.82 Å². The molecule has 0 atom stereocenters. The largest absolute Gasteiger partial charge is 0.383 e. The number of methoxy groups -OCH3 is 1. The van der Waals surface area contributed by atoms with Gasteiger partial charge < -0.3 is 15.1 Å². The molecule has 0 radical (unpaired) electrons. The summed E-state index contributed by atoms with van der Waals surface area (Å²) in [6.07, 6.45) is 3.40. The molecule has 6 nitrogen and oxygen atoms in total. The van der Waals surface area contributed by atoms with Crippen molar-refractivity contribution in [2.45, 2.75) is 32.7 Å². The number of rotatable bonds is 8. The zero-order valence-corrected chi connectivity index (χ0v) is 12.4. The highest BCUT2D eigenvalue weighted by Gasteiger charge is 2.22. The Bertz CT molecular complexity index is 421. The minimum atomic E-state index is -0.0188. The van der Waals surface area contributed by atoms with E-state index in [2.05, 4.69) is 24.3 Å². The molecule has 0 fully saturated rings. The van der Waals surface area contributed by atoms with Crippen LogP contribution in [0.4, 0.5) is 5.82 Å². The number of carbonyl (C=O) groups is 1. The standard InChI is InChI=1S/C14H24N4O2/c1-4-12(5-2)18(8-9-20-3)14(19)11-6-7-16-13(10-11)17-15/h6-7,10,12H,4-5,8-9,15H2,1-3H3,(H,16,17). The van der Waals surface area contributed by atoms with Gasteiger partial charge in [-0.1, -0.05) is 13.8 Å². The summed E-state index contributed by atoms with van der Waals surface area (Å²) >= 11 is 0. The van der Waals surface area contributed by atoms with Crippen molar-refractivity contribution in [3.63, 3.8) is 0 Å². The number of nitrogens with two attached hydrogens (primary N) is 1. The predicted octanol–water partition coefficient (Wildman–Crippen LogP) is 1.64. The Morgan fingerprint density at radius 2 is 2.20 bits per heavy atom. The zero-order valence-electron chi connectivity index (χ0n) is 12.4. The number of aromatic nitrogens is 1. The molecule has 0 aliphatic heterocycles.